The van der Waals surface area contributed by atoms with Gasteiger partial charge in [0.05, 0.1) is 10.6 Å². The van der Waals surface area contributed by atoms with Crippen LogP contribution in [-0.2, 0) is 19.9 Å². The van der Waals surface area contributed by atoms with Crippen LogP contribution in [0.15, 0.2) is 29.2 Å². The van der Waals surface area contributed by atoms with E-state index in [1.54, 1.807) is 6.92 Å². The average Bonchev–Trinajstić information content (AvgIpc) is 2.52. The minimum absolute atomic E-state index is 0. The molecule has 24 heavy (non-hydrogen) atoms. The Morgan fingerprint density at radius 1 is 1.08 bits per heavy atom. The minimum atomic E-state index is -3.55. The first-order chi connectivity index (χ1) is 10.8. The first kappa shape index (κ1) is 23.1. The Bertz CT molecular complexity index is 676. The summed E-state index contributed by atoms with van der Waals surface area (Å²) in [4.78, 5) is 0.138. The molecule has 0 saturated carbocycles. The number of ether oxygens (including phenoxy) is 1. The Labute approximate surface area is 150 Å². The standard InChI is InChI=1S/C14H24N2O5S2.ClH/c1-2-22(17,18)12-11-21-13-5-7-14(8-6-13)23(19,20)16-10-4-3-9-15;/h5-8,16H,2-4,9-12,15H2,1H3;1H. The summed E-state index contributed by atoms with van der Waals surface area (Å²) in [6, 6.07) is 5.86. The number of sulfone groups is 1. The van der Waals surface area contributed by atoms with Crippen molar-refractivity contribution in [1.29, 1.82) is 0 Å². The fraction of sp³-hybridized carbons (Fsp3) is 0.571. The van der Waals surface area contributed by atoms with Crippen LogP contribution in [0.2, 0.25) is 0 Å². The van der Waals surface area contributed by atoms with Crippen molar-refractivity contribution in [2.75, 3.05) is 31.2 Å². The Balaban J connectivity index is 0.00000529. The van der Waals surface area contributed by atoms with Gasteiger partial charge in [-0.15, -0.1) is 12.4 Å². The molecule has 0 aliphatic carbocycles. The van der Waals surface area contributed by atoms with Gasteiger partial charge in [0.2, 0.25) is 10.0 Å². The van der Waals surface area contributed by atoms with Crippen LogP contribution in [0.4, 0.5) is 0 Å². The fourth-order valence-corrected chi connectivity index (χ4v) is 3.41. The van der Waals surface area contributed by atoms with E-state index in [1.807, 2.05) is 0 Å². The van der Waals surface area contributed by atoms with Crippen LogP contribution in [0.25, 0.3) is 0 Å². The van der Waals surface area contributed by atoms with Crippen LogP contribution in [-0.4, -0.2) is 48.0 Å². The minimum Gasteiger partial charge on any atom is -0.493 e. The van der Waals surface area contributed by atoms with E-state index in [9.17, 15) is 16.8 Å². The average molecular weight is 401 g/mol. The van der Waals surface area contributed by atoms with Gasteiger partial charge in [0.15, 0.2) is 9.84 Å². The van der Waals surface area contributed by atoms with Crippen LogP contribution in [0.1, 0.15) is 19.8 Å². The Morgan fingerprint density at radius 3 is 2.25 bits per heavy atom. The zero-order chi connectivity index (χ0) is 17.3. The number of rotatable bonds is 11. The van der Waals surface area contributed by atoms with Gasteiger partial charge in [0, 0.05) is 12.3 Å². The third-order valence-electron chi connectivity index (χ3n) is 3.16. The fourth-order valence-electron chi connectivity index (χ4n) is 1.71. The number of hydrogen-bond donors (Lipinski definition) is 2. The lowest BCUT2D eigenvalue weighted by molar-refractivity contribution is 0.340. The summed E-state index contributed by atoms with van der Waals surface area (Å²) in [5.41, 5.74) is 5.35. The number of benzene rings is 1. The predicted octanol–water partition coefficient (Wildman–Crippen LogP) is 0.939. The molecule has 1 aromatic rings. The lowest BCUT2D eigenvalue weighted by Crippen LogP contribution is -2.25. The third-order valence-corrected chi connectivity index (χ3v) is 6.31. The van der Waals surface area contributed by atoms with Crippen molar-refractivity contribution in [3.05, 3.63) is 24.3 Å². The maximum absolute atomic E-state index is 12.0. The summed E-state index contributed by atoms with van der Waals surface area (Å²) in [6.07, 6.45) is 1.44. The first-order valence-electron chi connectivity index (χ1n) is 7.44. The van der Waals surface area contributed by atoms with Crippen LogP contribution in [0.5, 0.6) is 5.75 Å². The smallest absolute Gasteiger partial charge is 0.240 e. The molecule has 0 radical (unpaired) electrons. The molecule has 10 heteroatoms. The molecule has 1 rings (SSSR count). The number of hydrogen-bond acceptors (Lipinski definition) is 6. The second-order valence-electron chi connectivity index (χ2n) is 4.95. The number of halogens is 1. The van der Waals surface area contributed by atoms with Gasteiger partial charge in [-0.05, 0) is 43.7 Å². The summed E-state index contributed by atoms with van der Waals surface area (Å²) in [7, 11) is -6.62. The second kappa shape index (κ2) is 10.9. The number of nitrogens with one attached hydrogen (secondary N) is 1. The van der Waals surface area contributed by atoms with E-state index in [4.69, 9.17) is 10.5 Å². The van der Waals surface area contributed by atoms with Crippen molar-refractivity contribution < 1.29 is 21.6 Å². The predicted molar refractivity (Wildman–Crippen MR) is 97.0 cm³/mol. The monoisotopic (exact) mass is 400 g/mol. The molecule has 0 fully saturated rings. The normalized spacial score (nSPS) is 11.8. The highest BCUT2D eigenvalue weighted by Gasteiger charge is 2.13. The lowest BCUT2D eigenvalue weighted by atomic mass is 10.3. The molecule has 7 nitrogen and oxygen atoms in total. The molecular weight excluding hydrogens is 376 g/mol. The van der Waals surface area contributed by atoms with E-state index in [-0.39, 0.29) is 35.4 Å². The van der Waals surface area contributed by atoms with Gasteiger partial charge >= 0.3 is 0 Å². The SMILES string of the molecule is CCS(=O)(=O)CCOc1ccc(S(=O)(=O)NCCCCN)cc1.Cl. The molecule has 0 unspecified atom stereocenters. The van der Waals surface area contributed by atoms with E-state index in [0.717, 1.165) is 6.42 Å². The molecule has 0 amide bonds. The van der Waals surface area contributed by atoms with Crippen molar-refractivity contribution in [2.45, 2.75) is 24.7 Å². The largest absolute Gasteiger partial charge is 0.493 e. The molecule has 0 spiro atoms. The van der Waals surface area contributed by atoms with Gasteiger partial charge in [-0.1, -0.05) is 6.92 Å². The molecule has 0 atom stereocenters. The highest BCUT2D eigenvalue weighted by Crippen LogP contribution is 2.16. The van der Waals surface area contributed by atoms with Crippen molar-refractivity contribution in [3.63, 3.8) is 0 Å². The molecule has 1 aromatic carbocycles. The molecule has 0 heterocycles. The molecule has 140 valence electrons. The summed E-state index contributed by atoms with van der Waals surface area (Å²) in [5.74, 6) is 0.439. The number of sulfonamides is 1. The van der Waals surface area contributed by atoms with Crippen LogP contribution >= 0.6 is 12.4 Å². The van der Waals surface area contributed by atoms with Gasteiger partial charge < -0.3 is 10.5 Å². The van der Waals surface area contributed by atoms with E-state index in [1.165, 1.54) is 24.3 Å². The van der Waals surface area contributed by atoms with E-state index in [0.29, 0.717) is 25.3 Å². The zero-order valence-electron chi connectivity index (χ0n) is 13.6. The third kappa shape index (κ3) is 8.29. The Morgan fingerprint density at radius 2 is 1.71 bits per heavy atom. The summed E-state index contributed by atoms with van der Waals surface area (Å²) in [6.45, 7) is 2.49. The molecular formula is C14H25ClN2O5S2. The van der Waals surface area contributed by atoms with Crippen molar-refractivity contribution in [1.82, 2.24) is 4.72 Å². The zero-order valence-corrected chi connectivity index (χ0v) is 16.1. The van der Waals surface area contributed by atoms with Crippen LogP contribution in [0.3, 0.4) is 0 Å². The van der Waals surface area contributed by atoms with Gasteiger partial charge in [-0.2, -0.15) is 0 Å². The summed E-state index contributed by atoms with van der Waals surface area (Å²) in [5, 5.41) is 0. The lowest BCUT2D eigenvalue weighted by Gasteiger charge is -2.09. The highest BCUT2D eigenvalue weighted by molar-refractivity contribution is 7.91. The van der Waals surface area contributed by atoms with E-state index < -0.39 is 19.9 Å². The van der Waals surface area contributed by atoms with Crippen LogP contribution < -0.4 is 15.2 Å². The molecule has 0 saturated heterocycles. The van der Waals surface area contributed by atoms with Crippen molar-refractivity contribution >= 4 is 32.3 Å². The van der Waals surface area contributed by atoms with Gasteiger partial charge in [0.1, 0.15) is 12.4 Å². The summed E-state index contributed by atoms with van der Waals surface area (Å²) < 4.78 is 54.6. The van der Waals surface area contributed by atoms with Gasteiger partial charge in [-0.25, -0.2) is 21.6 Å². The second-order valence-corrected chi connectivity index (χ2v) is 9.19. The highest BCUT2D eigenvalue weighted by atomic mass is 35.5. The van der Waals surface area contributed by atoms with E-state index in [2.05, 4.69) is 4.72 Å². The van der Waals surface area contributed by atoms with Crippen LogP contribution in [0, 0.1) is 0 Å². The van der Waals surface area contributed by atoms with Gasteiger partial charge in [-0.3, -0.25) is 0 Å². The number of unbranched alkanes of at least 4 members (excludes halogenated alkanes) is 1. The maximum atomic E-state index is 12.0. The quantitative estimate of drug-likeness (QED) is 0.534. The van der Waals surface area contributed by atoms with Crippen molar-refractivity contribution in [3.8, 4) is 5.75 Å². The van der Waals surface area contributed by atoms with E-state index >= 15 is 0 Å². The Kier molecular flexibility index (Phi) is 10.5. The molecule has 3 N–H and O–H groups in total. The maximum Gasteiger partial charge on any atom is 0.240 e. The molecule has 0 aromatic heterocycles. The molecule has 0 aliphatic rings. The number of nitrogens with two attached hydrogens (primary N) is 1. The molecule has 0 bridgehead atoms. The topological polar surface area (TPSA) is 116 Å². The molecule has 0 aliphatic heterocycles. The summed E-state index contributed by atoms with van der Waals surface area (Å²) >= 11 is 0. The van der Waals surface area contributed by atoms with Gasteiger partial charge in [0.25, 0.3) is 0 Å². The Hall–Kier alpha value is -0.870. The van der Waals surface area contributed by atoms with Crippen molar-refractivity contribution in [2.24, 2.45) is 5.73 Å². The first-order valence-corrected chi connectivity index (χ1v) is 10.7.